The van der Waals surface area contributed by atoms with E-state index in [1.165, 1.54) is 31.5 Å². The predicted octanol–water partition coefficient (Wildman–Crippen LogP) is 3.19. The minimum absolute atomic E-state index is 0.661. The molecule has 0 saturated carbocycles. The van der Waals surface area contributed by atoms with Crippen molar-refractivity contribution in [2.45, 2.75) is 19.3 Å². The van der Waals surface area contributed by atoms with Gasteiger partial charge in [-0.15, -0.1) is 0 Å². The third-order valence-electron chi connectivity index (χ3n) is 3.34. The van der Waals surface area contributed by atoms with Crippen LogP contribution in [0.5, 0.6) is 5.75 Å². The molecule has 2 N–H and O–H groups in total. The van der Waals surface area contributed by atoms with Crippen LogP contribution in [0.15, 0.2) is 21.1 Å². The number of likely N-dealkylation sites (tertiary alicyclic amines) is 1. The Bertz CT molecular complexity index is 397. The van der Waals surface area contributed by atoms with Crippen LogP contribution < -0.4 is 10.5 Å². The van der Waals surface area contributed by atoms with Crippen molar-refractivity contribution in [2.24, 2.45) is 5.73 Å². The van der Waals surface area contributed by atoms with Crippen molar-refractivity contribution in [3.8, 4) is 5.75 Å². The van der Waals surface area contributed by atoms with Crippen LogP contribution in [0.2, 0.25) is 0 Å². The van der Waals surface area contributed by atoms with Gasteiger partial charge in [0.25, 0.3) is 0 Å². The number of hydrogen-bond donors (Lipinski definition) is 1. The second kappa shape index (κ2) is 7.62. The quantitative estimate of drug-likeness (QED) is 0.809. The third-order valence-corrected chi connectivity index (χ3v) is 4.52. The number of nitrogens with two attached hydrogens (primary N) is 1. The van der Waals surface area contributed by atoms with E-state index < -0.39 is 0 Å². The first-order valence-corrected chi connectivity index (χ1v) is 8.32. The number of benzene rings is 1. The summed E-state index contributed by atoms with van der Waals surface area (Å²) in [5.74, 6) is 0.889. The Morgan fingerprint density at radius 2 is 1.79 bits per heavy atom. The van der Waals surface area contributed by atoms with E-state index in [2.05, 4.69) is 48.9 Å². The minimum Gasteiger partial charge on any atom is -0.490 e. The zero-order valence-electron chi connectivity index (χ0n) is 11.0. The third kappa shape index (κ3) is 4.45. The van der Waals surface area contributed by atoms with Gasteiger partial charge in [0, 0.05) is 6.54 Å². The highest BCUT2D eigenvalue weighted by molar-refractivity contribution is 9.11. The second-order valence-corrected chi connectivity index (χ2v) is 6.53. The maximum Gasteiger partial charge on any atom is 0.147 e. The van der Waals surface area contributed by atoms with E-state index in [0.717, 1.165) is 34.3 Å². The summed E-state index contributed by atoms with van der Waals surface area (Å²) < 4.78 is 7.88. The summed E-state index contributed by atoms with van der Waals surface area (Å²) in [7, 11) is 0. The van der Waals surface area contributed by atoms with Crippen LogP contribution in [-0.2, 0) is 6.42 Å². The Balaban J connectivity index is 1.91. The topological polar surface area (TPSA) is 38.5 Å². The van der Waals surface area contributed by atoms with Gasteiger partial charge in [-0.2, -0.15) is 0 Å². The van der Waals surface area contributed by atoms with Gasteiger partial charge in [0.15, 0.2) is 0 Å². The fourth-order valence-corrected chi connectivity index (χ4v) is 3.85. The van der Waals surface area contributed by atoms with Crippen LogP contribution in [0.3, 0.4) is 0 Å². The van der Waals surface area contributed by atoms with E-state index in [1.54, 1.807) is 0 Å². The van der Waals surface area contributed by atoms with Gasteiger partial charge in [-0.3, -0.25) is 4.90 Å². The molecule has 1 aliphatic rings. The molecule has 106 valence electrons. The van der Waals surface area contributed by atoms with E-state index in [-0.39, 0.29) is 0 Å². The summed E-state index contributed by atoms with van der Waals surface area (Å²) in [5.41, 5.74) is 6.80. The molecular weight excluding hydrogens is 372 g/mol. The number of halogens is 2. The molecule has 0 aliphatic carbocycles. The van der Waals surface area contributed by atoms with Gasteiger partial charge in [-0.1, -0.05) is 0 Å². The van der Waals surface area contributed by atoms with Crippen molar-refractivity contribution in [3.05, 3.63) is 26.6 Å². The molecule has 0 radical (unpaired) electrons. The van der Waals surface area contributed by atoms with Crippen LogP contribution in [0.4, 0.5) is 0 Å². The zero-order valence-corrected chi connectivity index (χ0v) is 14.2. The van der Waals surface area contributed by atoms with Gasteiger partial charge < -0.3 is 10.5 Å². The lowest BCUT2D eigenvalue weighted by molar-refractivity contribution is 0.236. The van der Waals surface area contributed by atoms with Crippen LogP contribution in [0.25, 0.3) is 0 Å². The lowest BCUT2D eigenvalue weighted by Gasteiger charge is -2.16. The summed E-state index contributed by atoms with van der Waals surface area (Å²) in [5, 5.41) is 0. The van der Waals surface area contributed by atoms with Gasteiger partial charge in [0.05, 0.1) is 8.95 Å². The van der Waals surface area contributed by atoms with Crippen molar-refractivity contribution in [2.75, 3.05) is 32.8 Å². The molecule has 5 heteroatoms. The molecule has 0 atom stereocenters. The summed E-state index contributed by atoms with van der Waals surface area (Å²) >= 11 is 7.14. The van der Waals surface area contributed by atoms with E-state index in [0.29, 0.717) is 6.54 Å². The van der Waals surface area contributed by atoms with E-state index in [9.17, 15) is 0 Å². The molecule has 19 heavy (non-hydrogen) atoms. The largest absolute Gasteiger partial charge is 0.490 e. The highest BCUT2D eigenvalue weighted by Gasteiger charge is 2.13. The maximum absolute atomic E-state index is 5.90. The van der Waals surface area contributed by atoms with Crippen molar-refractivity contribution in [3.63, 3.8) is 0 Å². The van der Waals surface area contributed by atoms with Crippen LogP contribution >= 0.6 is 31.9 Å². The van der Waals surface area contributed by atoms with Gasteiger partial charge in [-0.25, -0.2) is 0 Å². The molecule has 1 aromatic carbocycles. The average Bonchev–Trinajstić information content (AvgIpc) is 2.86. The summed E-state index contributed by atoms with van der Waals surface area (Å²) in [6.45, 7) is 4.81. The molecule has 2 rings (SSSR count). The molecule has 0 unspecified atom stereocenters. The molecule has 0 bridgehead atoms. The Kier molecular flexibility index (Phi) is 6.13. The predicted molar refractivity (Wildman–Crippen MR) is 85.8 cm³/mol. The Morgan fingerprint density at radius 1 is 1.16 bits per heavy atom. The first-order valence-electron chi connectivity index (χ1n) is 6.74. The minimum atomic E-state index is 0.661. The lowest BCUT2D eigenvalue weighted by atomic mass is 10.1. The molecule has 1 aromatic rings. The van der Waals surface area contributed by atoms with Crippen molar-refractivity contribution in [1.29, 1.82) is 0 Å². The summed E-state index contributed by atoms with van der Waals surface area (Å²) in [6.07, 6.45) is 3.52. The Hall–Kier alpha value is -0.100. The lowest BCUT2D eigenvalue weighted by Crippen LogP contribution is -2.25. The maximum atomic E-state index is 5.90. The van der Waals surface area contributed by atoms with Gasteiger partial charge in [0.1, 0.15) is 12.4 Å². The van der Waals surface area contributed by atoms with E-state index in [1.807, 2.05) is 0 Å². The van der Waals surface area contributed by atoms with Gasteiger partial charge in [0.2, 0.25) is 0 Å². The van der Waals surface area contributed by atoms with Crippen molar-refractivity contribution < 1.29 is 4.74 Å². The Labute approximate surface area is 131 Å². The fraction of sp³-hybridized carbons (Fsp3) is 0.571. The zero-order chi connectivity index (χ0) is 13.7. The van der Waals surface area contributed by atoms with Crippen LogP contribution in [-0.4, -0.2) is 37.7 Å². The molecule has 1 fully saturated rings. The van der Waals surface area contributed by atoms with Gasteiger partial charge >= 0.3 is 0 Å². The molecule has 1 saturated heterocycles. The molecule has 0 amide bonds. The van der Waals surface area contributed by atoms with Crippen molar-refractivity contribution in [1.82, 2.24) is 4.90 Å². The summed E-state index contributed by atoms with van der Waals surface area (Å²) in [4.78, 5) is 2.45. The first-order chi connectivity index (χ1) is 9.20. The monoisotopic (exact) mass is 390 g/mol. The normalized spacial score (nSPS) is 15.9. The highest BCUT2D eigenvalue weighted by atomic mass is 79.9. The number of hydrogen-bond acceptors (Lipinski definition) is 3. The molecular formula is C14H20Br2N2O. The molecule has 3 nitrogen and oxygen atoms in total. The Morgan fingerprint density at radius 3 is 2.37 bits per heavy atom. The van der Waals surface area contributed by atoms with E-state index >= 15 is 0 Å². The molecule has 0 aromatic heterocycles. The number of rotatable bonds is 6. The van der Waals surface area contributed by atoms with Gasteiger partial charge in [-0.05, 0) is 88.5 Å². The van der Waals surface area contributed by atoms with Crippen molar-refractivity contribution >= 4 is 31.9 Å². The second-order valence-electron chi connectivity index (χ2n) is 4.82. The molecule has 1 heterocycles. The smallest absolute Gasteiger partial charge is 0.147 e. The number of ether oxygens (including phenoxy) is 1. The van der Waals surface area contributed by atoms with Crippen LogP contribution in [0, 0.1) is 0 Å². The van der Waals surface area contributed by atoms with E-state index in [4.69, 9.17) is 10.5 Å². The van der Waals surface area contributed by atoms with Crippen LogP contribution in [0.1, 0.15) is 18.4 Å². The SMILES string of the molecule is NCCc1cc(Br)c(OCCN2CCCC2)c(Br)c1. The average molecular weight is 392 g/mol. The first kappa shape index (κ1) is 15.3. The number of nitrogens with zero attached hydrogens (tertiary/aromatic N) is 1. The summed E-state index contributed by atoms with van der Waals surface area (Å²) in [6, 6.07) is 4.17. The molecule has 0 spiro atoms. The molecule has 1 aliphatic heterocycles. The highest BCUT2D eigenvalue weighted by Crippen LogP contribution is 2.34. The standard InChI is InChI=1S/C14H20Br2N2O/c15-12-9-11(3-4-17)10-13(16)14(12)19-8-7-18-5-1-2-6-18/h9-10H,1-8,17H2. The fourth-order valence-electron chi connectivity index (χ4n) is 2.34.